The largest absolute Gasteiger partial charge is 0.485 e. The van der Waals surface area contributed by atoms with Crippen LogP contribution in [-0.2, 0) is 16.6 Å². The maximum atomic E-state index is 13.1. The topological polar surface area (TPSA) is 115 Å². The van der Waals surface area contributed by atoms with Crippen LogP contribution in [0.1, 0.15) is 22.1 Å². The van der Waals surface area contributed by atoms with Crippen molar-refractivity contribution in [1.29, 1.82) is 0 Å². The number of carbonyl (C=O) groups excluding carboxylic acids is 1. The van der Waals surface area contributed by atoms with Crippen molar-refractivity contribution in [2.75, 3.05) is 16.7 Å². The van der Waals surface area contributed by atoms with Crippen LogP contribution in [0.25, 0.3) is 0 Å². The molecule has 0 unspecified atom stereocenters. The van der Waals surface area contributed by atoms with Gasteiger partial charge in [0.25, 0.3) is 15.9 Å². The SMILES string of the molecule is Cc1nc(COc2ccccc2C(=O)Nc2cccc(S(=O)(=O)N(C)c3ccccc3)c2)no1. The number of nitrogens with zero attached hydrogens (tertiary/aromatic N) is 3. The first-order chi connectivity index (χ1) is 16.3. The van der Waals surface area contributed by atoms with Crippen LogP contribution >= 0.6 is 0 Å². The highest BCUT2D eigenvalue weighted by molar-refractivity contribution is 7.92. The van der Waals surface area contributed by atoms with E-state index in [0.717, 1.165) is 0 Å². The number of aryl methyl sites for hydroxylation is 1. The van der Waals surface area contributed by atoms with Gasteiger partial charge in [-0.05, 0) is 42.5 Å². The summed E-state index contributed by atoms with van der Waals surface area (Å²) >= 11 is 0. The Kier molecular flexibility index (Phi) is 6.60. The zero-order chi connectivity index (χ0) is 24.1. The molecule has 1 aromatic heterocycles. The van der Waals surface area contributed by atoms with Gasteiger partial charge in [0.1, 0.15) is 5.75 Å². The van der Waals surface area contributed by atoms with E-state index in [1.54, 1.807) is 67.6 Å². The van der Waals surface area contributed by atoms with E-state index in [-0.39, 0.29) is 17.1 Å². The minimum Gasteiger partial charge on any atom is -0.485 e. The summed E-state index contributed by atoms with van der Waals surface area (Å²) < 4.78 is 38.0. The molecule has 0 aliphatic rings. The fourth-order valence-corrected chi connectivity index (χ4v) is 4.43. The average molecular weight is 479 g/mol. The van der Waals surface area contributed by atoms with Crippen LogP contribution in [0.3, 0.4) is 0 Å². The number of nitrogens with one attached hydrogen (secondary N) is 1. The Morgan fingerprint density at radius 2 is 1.76 bits per heavy atom. The van der Waals surface area contributed by atoms with Crippen molar-refractivity contribution in [3.63, 3.8) is 0 Å². The first kappa shape index (κ1) is 23.0. The Labute approximate surface area is 197 Å². The number of para-hydroxylation sites is 2. The highest BCUT2D eigenvalue weighted by Gasteiger charge is 2.22. The summed E-state index contributed by atoms with van der Waals surface area (Å²) in [4.78, 5) is 17.1. The number of carbonyl (C=O) groups is 1. The molecule has 1 heterocycles. The highest BCUT2D eigenvalue weighted by atomic mass is 32.2. The predicted octanol–water partition coefficient (Wildman–Crippen LogP) is 4.03. The molecule has 0 fully saturated rings. The van der Waals surface area contributed by atoms with Gasteiger partial charge in [-0.3, -0.25) is 9.10 Å². The summed E-state index contributed by atoms with van der Waals surface area (Å²) in [7, 11) is -2.34. The minimum absolute atomic E-state index is 0.0290. The summed E-state index contributed by atoms with van der Waals surface area (Å²) in [5.41, 5.74) is 1.13. The van der Waals surface area contributed by atoms with Gasteiger partial charge >= 0.3 is 0 Å². The molecule has 1 N–H and O–H groups in total. The Hall–Kier alpha value is -4.18. The molecule has 0 saturated heterocycles. The van der Waals surface area contributed by atoms with Crippen molar-refractivity contribution < 1.29 is 22.5 Å². The van der Waals surface area contributed by atoms with Crippen LogP contribution in [0, 0.1) is 6.92 Å². The van der Waals surface area contributed by atoms with Gasteiger partial charge in [-0.15, -0.1) is 0 Å². The number of sulfonamides is 1. The molecule has 0 aliphatic carbocycles. The zero-order valence-corrected chi connectivity index (χ0v) is 19.3. The quantitative estimate of drug-likeness (QED) is 0.406. The lowest BCUT2D eigenvalue weighted by Gasteiger charge is -2.20. The summed E-state index contributed by atoms with van der Waals surface area (Å²) in [6.07, 6.45) is 0. The molecule has 0 bridgehead atoms. The van der Waals surface area contributed by atoms with Gasteiger partial charge in [0.15, 0.2) is 6.61 Å². The molecule has 3 aromatic carbocycles. The van der Waals surface area contributed by atoms with E-state index in [1.807, 2.05) is 6.07 Å². The molecule has 4 rings (SSSR count). The van der Waals surface area contributed by atoms with Crippen LogP contribution < -0.4 is 14.4 Å². The van der Waals surface area contributed by atoms with Gasteiger partial charge in [0.05, 0.1) is 16.1 Å². The van der Waals surface area contributed by atoms with Gasteiger partial charge in [0, 0.05) is 19.7 Å². The summed E-state index contributed by atoms with van der Waals surface area (Å²) in [6, 6.07) is 21.5. The zero-order valence-electron chi connectivity index (χ0n) is 18.5. The minimum atomic E-state index is -3.83. The molecule has 0 saturated carbocycles. The summed E-state index contributed by atoms with van der Waals surface area (Å²) in [5, 5.41) is 6.51. The first-order valence-electron chi connectivity index (χ1n) is 10.3. The van der Waals surface area contributed by atoms with Crippen LogP contribution in [0.4, 0.5) is 11.4 Å². The third-order valence-corrected chi connectivity index (χ3v) is 6.71. The molecule has 10 heteroatoms. The van der Waals surface area contributed by atoms with E-state index in [0.29, 0.717) is 28.8 Å². The van der Waals surface area contributed by atoms with Gasteiger partial charge < -0.3 is 14.6 Å². The number of hydrogen-bond acceptors (Lipinski definition) is 7. The van der Waals surface area contributed by atoms with E-state index in [2.05, 4.69) is 15.5 Å². The number of ether oxygens (including phenoxy) is 1. The van der Waals surface area contributed by atoms with Crippen molar-refractivity contribution >= 4 is 27.3 Å². The maximum absolute atomic E-state index is 13.1. The molecule has 1 amide bonds. The van der Waals surface area contributed by atoms with Crippen molar-refractivity contribution in [2.45, 2.75) is 18.4 Å². The Bertz CT molecular complexity index is 1400. The molecule has 174 valence electrons. The Morgan fingerprint density at radius 3 is 2.50 bits per heavy atom. The van der Waals surface area contributed by atoms with E-state index in [9.17, 15) is 13.2 Å². The Morgan fingerprint density at radius 1 is 1.03 bits per heavy atom. The molecule has 0 spiro atoms. The average Bonchev–Trinajstić information content (AvgIpc) is 3.28. The van der Waals surface area contributed by atoms with Crippen molar-refractivity contribution in [3.8, 4) is 5.75 Å². The van der Waals surface area contributed by atoms with E-state index in [4.69, 9.17) is 9.26 Å². The number of anilines is 2. The van der Waals surface area contributed by atoms with E-state index in [1.165, 1.54) is 23.5 Å². The van der Waals surface area contributed by atoms with Gasteiger partial charge in [-0.1, -0.05) is 41.6 Å². The van der Waals surface area contributed by atoms with Crippen molar-refractivity contribution in [1.82, 2.24) is 10.1 Å². The Balaban J connectivity index is 1.52. The number of benzene rings is 3. The molecule has 34 heavy (non-hydrogen) atoms. The molecular formula is C24H22N4O5S. The smallest absolute Gasteiger partial charge is 0.264 e. The van der Waals surface area contributed by atoms with Crippen molar-refractivity contribution in [3.05, 3.63) is 96.1 Å². The second-order valence-electron chi connectivity index (χ2n) is 7.30. The lowest BCUT2D eigenvalue weighted by molar-refractivity contribution is 0.102. The fraction of sp³-hybridized carbons (Fsp3) is 0.125. The van der Waals surface area contributed by atoms with Gasteiger partial charge in [-0.2, -0.15) is 4.98 Å². The van der Waals surface area contributed by atoms with E-state index >= 15 is 0 Å². The predicted molar refractivity (Wildman–Crippen MR) is 126 cm³/mol. The summed E-state index contributed by atoms with van der Waals surface area (Å²) in [5.74, 6) is 0.645. The van der Waals surface area contributed by atoms with Gasteiger partial charge in [-0.25, -0.2) is 8.42 Å². The van der Waals surface area contributed by atoms with Crippen LogP contribution in [-0.4, -0.2) is 31.5 Å². The standard InChI is InChI=1S/C24H22N4O5S/c1-17-25-23(27-33-17)16-32-22-14-7-6-13-21(22)24(29)26-18-9-8-12-20(15-18)34(30,31)28(2)19-10-4-3-5-11-19/h3-15H,16H2,1-2H3,(H,26,29). The number of hydrogen-bond donors (Lipinski definition) is 1. The number of rotatable bonds is 8. The molecule has 0 aliphatic heterocycles. The fourth-order valence-electron chi connectivity index (χ4n) is 3.19. The third-order valence-electron chi connectivity index (χ3n) is 4.93. The van der Waals surface area contributed by atoms with Crippen LogP contribution in [0.15, 0.2) is 88.3 Å². The van der Waals surface area contributed by atoms with E-state index < -0.39 is 15.9 Å². The molecule has 9 nitrogen and oxygen atoms in total. The lowest BCUT2D eigenvalue weighted by atomic mass is 10.2. The molecular weight excluding hydrogens is 456 g/mol. The second-order valence-corrected chi connectivity index (χ2v) is 9.27. The monoisotopic (exact) mass is 478 g/mol. The summed E-state index contributed by atoms with van der Waals surface area (Å²) in [6.45, 7) is 1.70. The highest BCUT2D eigenvalue weighted by Crippen LogP contribution is 2.25. The first-order valence-corrected chi connectivity index (χ1v) is 11.7. The third kappa shape index (κ3) is 5.07. The normalized spacial score (nSPS) is 11.1. The molecule has 0 atom stereocenters. The number of aromatic nitrogens is 2. The van der Waals surface area contributed by atoms with Crippen LogP contribution in [0.2, 0.25) is 0 Å². The maximum Gasteiger partial charge on any atom is 0.264 e. The second kappa shape index (κ2) is 9.75. The van der Waals surface area contributed by atoms with Crippen LogP contribution in [0.5, 0.6) is 5.75 Å². The van der Waals surface area contributed by atoms with Gasteiger partial charge in [0.2, 0.25) is 11.7 Å². The lowest BCUT2D eigenvalue weighted by Crippen LogP contribution is -2.26. The van der Waals surface area contributed by atoms with Crippen molar-refractivity contribution in [2.24, 2.45) is 0 Å². The molecule has 4 aromatic rings. The molecule has 0 radical (unpaired) electrons. The number of amides is 1.